The van der Waals surface area contributed by atoms with Crippen LogP contribution in [0.25, 0.3) is 0 Å². The predicted molar refractivity (Wildman–Crippen MR) is 65.6 cm³/mol. The Balaban J connectivity index is 2.06. The van der Waals surface area contributed by atoms with Gasteiger partial charge in [-0.05, 0) is 37.3 Å². The van der Waals surface area contributed by atoms with Gasteiger partial charge in [-0.25, -0.2) is 4.98 Å². The third-order valence-electron chi connectivity index (χ3n) is 3.22. The molecule has 0 bridgehead atoms. The van der Waals surface area contributed by atoms with Crippen LogP contribution in [0, 0.1) is 0 Å². The lowest BCUT2D eigenvalue weighted by Crippen LogP contribution is -2.30. The Hall–Kier alpha value is -1.09. The Morgan fingerprint density at radius 2 is 2.06 bits per heavy atom. The van der Waals surface area contributed by atoms with E-state index in [1.165, 1.54) is 19.3 Å². The summed E-state index contributed by atoms with van der Waals surface area (Å²) in [4.78, 5) is 6.76. The fraction of sp³-hybridized carbons (Fsp3) is 0.615. The van der Waals surface area contributed by atoms with Crippen molar-refractivity contribution >= 4 is 5.82 Å². The van der Waals surface area contributed by atoms with Crippen molar-refractivity contribution in [1.82, 2.24) is 4.98 Å². The van der Waals surface area contributed by atoms with Crippen molar-refractivity contribution < 1.29 is 5.11 Å². The number of hydrogen-bond acceptors (Lipinski definition) is 3. The van der Waals surface area contributed by atoms with Gasteiger partial charge in [0.2, 0.25) is 0 Å². The Morgan fingerprint density at radius 1 is 1.31 bits per heavy atom. The highest BCUT2D eigenvalue weighted by molar-refractivity contribution is 5.39. The monoisotopic (exact) mass is 220 g/mol. The normalized spacial score (nSPS) is 18.5. The summed E-state index contributed by atoms with van der Waals surface area (Å²) in [5, 5.41) is 9.68. The van der Waals surface area contributed by atoms with Crippen molar-refractivity contribution in [2.24, 2.45) is 0 Å². The van der Waals surface area contributed by atoms with Crippen molar-refractivity contribution in [3.63, 3.8) is 0 Å². The van der Waals surface area contributed by atoms with Crippen LogP contribution in [0.3, 0.4) is 0 Å². The summed E-state index contributed by atoms with van der Waals surface area (Å²) in [6, 6.07) is 4.02. The summed E-state index contributed by atoms with van der Waals surface area (Å²) in [6.07, 6.45) is 6.04. The van der Waals surface area contributed by atoms with Gasteiger partial charge in [0.15, 0.2) is 0 Å². The Kier molecular flexibility index (Phi) is 3.78. The van der Waals surface area contributed by atoms with E-state index in [2.05, 4.69) is 9.88 Å². The van der Waals surface area contributed by atoms with Crippen molar-refractivity contribution in [3.05, 3.63) is 23.9 Å². The highest BCUT2D eigenvalue weighted by atomic mass is 16.3. The van der Waals surface area contributed by atoms with E-state index >= 15 is 0 Å². The summed E-state index contributed by atoms with van der Waals surface area (Å²) in [6.45, 7) is 4.20. The molecule has 88 valence electrons. The highest BCUT2D eigenvalue weighted by Crippen LogP contribution is 2.20. The van der Waals surface area contributed by atoms with E-state index in [1.807, 2.05) is 19.1 Å². The second-order valence-corrected chi connectivity index (χ2v) is 4.42. The summed E-state index contributed by atoms with van der Waals surface area (Å²) in [5.74, 6) is 1.05. The molecule has 0 amide bonds. The third kappa shape index (κ3) is 2.53. The lowest BCUT2D eigenvalue weighted by Gasteiger charge is -2.27. The van der Waals surface area contributed by atoms with Gasteiger partial charge in [0, 0.05) is 19.3 Å². The number of anilines is 1. The van der Waals surface area contributed by atoms with Gasteiger partial charge < -0.3 is 10.0 Å². The number of aromatic nitrogens is 1. The van der Waals surface area contributed by atoms with Crippen LogP contribution < -0.4 is 4.90 Å². The Morgan fingerprint density at radius 3 is 2.62 bits per heavy atom. The minimum atomic E-state index is -0.372. The molecule has 0 aliphatic carbocycles. The molecule has 0 saturated carbocycles. The quantitative estimate of drug-likeness (QED) is 0.850. The van der Waals surface area contributed by atoms with Gasteiger partial charge in [0.25, 0.3) is 0 Å². The first kappa shape index (κ1) is 11.4. The molecule has 1 unspecified atom stereocenters. The first-order valence-electron chi connectivity index (χ1n) is 6.20. The zero-order chi connectivity index (χ0) is 11.4. The molecule has 0 aromatic carbocycles. The SMILES string of the molecule is CCC(O)c1ccc(N2CCCCC2)nc1. The molecule has 0 spiro atoms. The van der Waals surface area contributed by atoms with Crippen LogP contribution in [0.4, 0.5) is 5.82 Å². The van der Waals surface area contributed by atoms with Crippen LogP contribution in [0.5, 0.6) is 0 Å². The first-order valence-corrected chi connectivity index (χ1v) is 6.20. The number of aliphatic hydroxyl groups is 1. The van der Waals surface area contributed by atoms with Gasteiger partial charge in [-0.2, -0.15) is 0 Å². The van der Waals surface area contributed by atoms with Gasteiger partial charge in [-0.15, -0.1) is 0 Å². The van der Waals surface area contributed by atoms with Gasteiger partial charge in [0.1, 0.15) is 5.82 Å². The van der Waals surface area contributed by atoms with Gasteiger partial charge >= 0.3 is 0 Å². The molecule has 2 heterocycles. The maximum atomic E-state index is 9.68. The van der Waals surface area contributed by atoms with E-state index in [9.17, 15) is 5.11 Å². The second kappa shape index (κ2) is 5.30. The average Bonchev–Trinajstić information content (AvgIpc) is 2.39. The molecule has 1 fully saturated rings. The molecule has 2 rings (SSSR count). The largest absolute Gasteiger partial charge is 0.388 e. The van der Waals surface area contributed by atoms with Gasteiger partial charge in [-0.1, -0.05) is 13.0 Å². The Bertz CT molecular complexity index is 317. The molecule has 1 aromatic rings. The summed E-state index contributed by atoms with van der Waals surface area (Å²) in [7, 11) is 0. The molecule has 16 heavy (non-hydrogen) atoms. The van der Waals surface area contributed by atoms with Crippen LogP contribution in [0.1, 0.15) is 44.3 Å². The van der Waals surface area contributed by atoms with E-state index in [4.69, 9.17) is 0 Å². The molecule has 1 saturated heterocycles. The lowest BCUT2D eigenvalue weighted by molar-refractivity contribution is 0.173. The van der Waals surface area contributed by atoms with Crippen molar-refractivity contribution in [2.75, 3.05) is 18.0 Å². The van der Waals surface area contributed by atoms with E-state index in [0.29, 0.717) is 0 Å². The smallest absolute Gasteiger partial charge is 0.128 e. The molecular formula is C13H20N2O. The minimum absolute atomic E-state index is 0.372. The maximum Gasteiger partial charge on any atom is 0.128 e. The van der Waals surface area contributed by atoms with Crippen molar-refractivity contribution in [2.45, 2.75) is 38.7 Å². The zero-order valence-electron chi connectivity index (χ0n) is 9.89. The molecule has 1 aliphatic heterocycles. The number of rotatable bonds is 3. The van der Waals surface area contributed by atoms with Gasteiger partial charge in [0.05, 0.1) is 6.10 Å². The number of nitrogens with zero attached hydrogens (tertiary/aromatic N) is 2. The molecule has 1 aromatic heterocycles. The van der Waals surface area contributed by atoms with Crippen LogP contribution in [0.15, 0.2) is 18.3 Å². The number of aliphatic hydroxyl groups excluding tert-OH is 1. The third-order valence-corrected chi connectivity index (χ3v) is 3.22. The molecule has 3 heteroatoms. The standard InChI is InChI=1S/C13H20N2O/c1-2-12(16)11-6-7-13(14-10-11)15-8-4-3-5-9-15/h6-7,10,12,16H,2-5,8-9H2,1H3. The van der Waals surface area contributed by atoms with Crippen LogP contribution >= 0.6 is 0 Å². The summed E-state index contributed by atoms with van der Waals surface area (Å²) < 4.78 is 0. The van der Waals surface area contributed by atoms with E-state index in [0.717, 1.165) is 30.9 Å². The molecule has 3 nitrogen and oxygen atoms in total. The summed E-state index contributed by atoms with van der Waals surface area (Å²) >= 11 is 0. The van der Waals surface area contributed by atoms with Crippen molar-refractivity contribution in [3.8, 4) is 0 Å². The fourth-order valence-corrected chi connectivity index (χ4v) is 2.14. The van der Waals surface area contributed by atoms with E-state index < -0.39 is 0 Å². The maximum absolute atomic E-state index is 9.68. The first-order chi connectivity index (χ1) is 7.81. The van der Waals surface area contributed by atoms with E-state index in [1.54, 1.807) is 6.20 Å². The molecular weight excluding hydrogens is 200 g/mol. The van der Waals surface area contributed by atoms with E-state index in [-0.39, 0.29) is 6.10 Å². The molecule has 1 aliphatic rings. The molecule has 1 atom stereocenters. The fourth-order valence-electron chi connectivity index (χ4n) is 2.14. The minimum Gasteiger partial charge on any atom is -0.388 e. The number of hydrogen-bond donors (Lipinski definition) is 1. The molecule has 1 N–H and O–H groups in total. The highest BCUT2D eigenvalue weighted by Gasteiger charge is 2.12. The van der Waals surface area contributed by atoms with Crippen molar-refractivity contribution in [1.29, 1.82) is 0 Å². The zero-order valence-corrected chi connectivity index (χ0v) is 9.89. The lowest BCUT2D eigenvalue weighted by atomic mass is 10.1. The second-order valence-electron chi connectivity index (χ2n) is 4.42. The number of pyridine rings is 1. The average molecular weight is 220 g/mol. The van der Waals surface area contributed by atoms with Gasteiger partial charge in [-0.3, -0.25) is 0 Å². The predicted octanol–water partition coefficient (Wildman–Crippen LogP) is 2.52. The summed E-state index contributed by atoms with van der Waals surface area (Å²) in [5.41, 5.74) is 0.920. The molecule has 0 radical (unpaired) electrons. The topological polar surface area (TPSA) is 36.4 Å². The van der Waals surface area contributed by atoms with Crippen LogP contribution in [-0.4, -0.2) is 23.2 Å². The van der Waals surface area contributed by atoms with Crippen LogP contribution in [0.2, 0.25) is 0 Å². The number of piperidine rings is 1. The Labute approximate surface area is 97.1 Å². The van der Waals surface area contributed by atoms with Crippen LogP contribution in [-0.2, 0) is 0 Å².